The molecule has 28 heavy (non-hydrogen) atoms. The van der Waals surface area contributed by atoms with Crippen LogP contribution in [0.2, 0.25) is 0 Å². The van der Waals surface area contributed by atoms with Crippen LogP contribution in [-0.4, -0.2) is 24.2 Å². The van der Waals surface area contributed by atoms with E-state index in [1.54, 1.807) is 18.2 Å². The molecule has 0 aromatic heterocycles. The quantitative estimate of drug-likeness (QED) is 0.471. The fourth-order valence-corrected chi connectivity index (χ4v) is 3.35. The third-order valence-electron chi connectivity index (χ3n) is 3.86. The van der Waals surface area contributed by atoms with Crippen LogP contribution >= 0.6 is 11.8 Å². The standard InChI is InChI=1S/C21H19FN2O3S/c22-16-8-10-17(11-9-16)28-13-12-20(25)23-24-21(26)14-27-19-7-3-5-15-4-1-2-6-18(15)19/h1-11H,12-14H2,(H,23,25)(H,24,26). The van der Waals surface area contributed by atoms with Crippen molar-refractivity contribution >= 4 is 34.3 Å². The maximum absolute atomic E-state index is 12.8. The average molecular weight is 398 g/mol. The van der Waals surface area contributed by atoms with E-state index in [4.69, 9.17) is 4.74 Å². The topological polar surface area (TPSA) is 67.4 Å². The van der Waals surface area contributed by atoms with E-state index in [0.29, 0.717) is 11.5 Å². The predicted octanol–water partition coefficient (Wildman–Crippen LogP) is 3.69. The summed E-state index contributed by atoms with van der Waals surface area (Å²) < 4.78 is 18.4. The number of hydrogen-bond acceptors (Lipinski definition) is 4. The molecule has 0 bridgehead atoms. The third-order valence-corrected chi connectivity index (χ3v) is 4.87. The van der Waals surface area contributed by atoms with Crippen molar-refractivity contribution in [1.82, 2.24) is 10.9 Å². The lowest BCUT2D eigenvalue weighted by Gasteiger charge is -2.10. The number of ether oxygens (including phenoxy) is 1. The second-order valence-electron chi connectivity index (χ2n) is 5.91. The van der Waals surface area contributed by atoms with Crippen LogP contribution in [0.25, 0.3) is 10.8 Å². The number of hydrogen-bond donors (Lipinski definition) is 2. The van der Waals surface area contributed by atoms with Crippen LogP contribution in [0.4, 0.5) is 4.39 Å². The normalized spacial score (nSPS) is 10.5. The zero-order valence-corrected chi connectivity index (χ0v) is 15.8. The van der Waals surface area contributed by atoms with E-state index in [0.717, 1.165) is 15.7 Å². The van der Waals surface area contributed by atoms with Gasteiger partial charge in [-0.3, -0.25) is 20.4 Å². The minimum Gasteiger partial charge on any atom is -0.483 e. The van der Waals surface area contributed by atoms with Gasteiger partial charge in [-0.25, -0.2) is 4.39 Å². The number of thioether (sulfide) groups is 1. The summed E-state index contributed by atoms with van der Waals surface area (Å²) in [6.07, 6.45) is 0.215. The highest BCUT2D eigenvalue weighted by Gasteiger charge is 2.08. The highest BCUT2D eigenvalue weighted by Crippen LogP contribution is 2.24. The Bertz CT molecular complexity index is 958. The highest BCUT2D eigenvalue weighted by atomic mass is 32.2. The van der Waals surface area contributed by atoms with Gasteiger partial charge < -0.3 is 4.74 Å². The number of benzene rings is 3. The van der Waals surface area contributed by atoms with E-state index < -0.39 is 5.91 Å². The summed E-state index contributed by atoms with van der Waals surface area (Å²) in [7, 11) is 0. The number of halogens is 1. The minimum atomic E-state index is -0.451. The van der Waals surface area contributed by atoms with Crippen molar-refractivity contribution in [2.24, 2.45) is 0 Å². The molecule has 0 fully saturated rings. The number of carbonyl (C=O) groups is 2. The lowest BCUT2D eigenvalue weighted by Crippen LogP contribution is -2.43. The van der Waals surface area contributed by atoms with Gasteiger partial charge in [-0.05, 0) is 35.7 Å². The zero-order chi connectivity index (χ0) is 19.8. The number of nitrogens with one attached hydrogen (secondary N) is 2. The van der Waals surface area contributed by atoms with Crippen LogP contribution in [0.5, 0.6) is 5.75 Å². The summed E-state index contributed by atoms with van der Waals surface area (Å²) in [6, 6.07) is 19.4. The van der Waals surface area contributed by atoms with Gasteiger partial charge in [-0.15, -0.1) is 11.8 Å². The van der Waals surface area contributed by atoms with Gasteiger partial charge in [0.25, 0.3) is 5.91 Å². The summed E-state index contributed by atoms with van der Waals surface area (Å²) in [6.45, 7) is -0.210. The van der Waals surface area contributed by atoms with Crippen molar-refractivity contribution in [2.75, 3.05) is 12.4 Å². The Balaban J connectivity index is 1.37. The van der Waals surface area contributed by atoms with Crippen LogP contribution in [0.1, 0.15) is 6.42 Å². The maximum atomic E-state index is 12.8. The Morgan fingerprint density at radius 1 is 0.893 bits per heavy atom. The van der Waals surface area contributed by atoms with E-state index >= 15 is 0 Å². The molecule has 3 aromatic carbocycles. The summed E-state index contributed by atoms with van der Waals surface area (Å²) in [5, 5.41) is 1.94. The molecule has 2 amide bonds. The number of carbonyl (C=O) groups excluding carboxylic acids is 2. The van der Waals surface area contributed by atoms with E-state index in [9.17, 15) is 14.0 Å². The van der Waals surface area contributed by atoms with Crippen LogP contribution < -0.4 is 15.6 Å². The summed E-state index contributed by atoms with van der Waals surface area (Å²) in [5.41, 5.74) is 4.69. The van der Waals surface area contributed by atoms with Crippen molar-refractivity contribution in [1.29, 1.82) is 0 Å². The molecule has 0 atom stereocenters. The Morgan fingerprint density at radius 2 is 1.61 bits per heavy atom. The van der Waals surface area contributed by atoms with Crippen LogP contribution in [0.3, 0.4) is 0 Å². The Kier molecular flexibility index (Phi) is 6.86. The number of rotatable bonds is 7. The molecule has 144 valence electrons. The molecule has 7 heteroatoms. The van der Waals surface area contributed by atoms with Gasteiger partial charge in [0.1, 0.15) is 11.6 Å². The number of hydrazine groups is 1. The van der Waals surface area contributed by atoms with Crippen molar-refractivity contribution in [3.8, 4) is 5.75 Å². The molecule has 2 N–H and O–H groups in total. The smallest absolute Gasteiger partial charge is 0.276 e. The van der Waals surface area contributed by atoms with Gasteiger partial charge in [0.15, 0.2) is 6.61 Å². The van der Waals surface area contributed by atoms with Gasteiger partial charge in [-0.1, -0.05) is 36.4 Å². The molecule has 5 nitrogen and oxygen atoms in total. The van der Waals surface area contributed by atoms with E-state index in [1.807, 2.05) is 36.4 Å². The van der Waals surface area contributed by atoms with Crippen LogP contribution in [-0.2, 0) is 9.59 Å². The highest BCUT2D eigenvalue weighted by molar-refractivity contribution is 7.99. The molecule has 0 heterocycles. The predicted molar refractivity (Wildman–Crippen MR) is 107 cm³/mol. The minimum absolute atomic E-state index is 0.210. The van der Waals surface area contributed by atoms with Crippen molar-refractivity contribution in [2.45, 2.75) is 11.3 Å². The van der Waals surface area contributed by atoms with E-state index in [2.05, 4.69) is 10.9 Å². The van der Waals surface area contributed by atoms with Gasteiger partial charge >= 0.3 is 0 Å². The monoisotopic (exact) mass is 398 g/mol. The Hall–Kier alpha value is -3.06. The third kappa shape index (κ3) is 5.72. The largest absolute Gasteiger partial charge is 0.483 e. The molecule has 0 aliphatic carbocycles. The molecular weight excluding hydrogens is 379 g/mol. The fraction of sp³-hybridized carbons (Fsp3) is 0.143. The Labute approximate surface area is 166 Å². The van der Waals surface area contributed by atoms with E-state index in [-0.39, 0.29) is 24.8 Å². The molecule has 3 aromatic rings. The lowest BCUT2D eigenvalue weighted by molar-refractivity contribution is -0.129. The first-order valence-electron chi connectivity index (χ1n) is 8.68. The Morgan fingerprint density at radius 3 is 2.43 bits per heavy atom. The number of amides is 2. The van der Waals surface area contributed by atoms with E-state index in [1.165, 1.54) is 23.9 Å². The molecule has 0 aliphatic heterocycles. The van der Waals surface area contributed by atoms with Gasteiger partial charge in [0, 0.05) is 22.5 Å². The molecule has 0 unspecified atom stereocenters. The second-order valence-corrected chi connectivity index (χ2v) is 7.08. The van der Waals surface area contributed by atoms with Crippen molar-refractivity contribution in [3.05, 3.63) is 72.5 Å². The molecular formula is C21H19FN2O3S. The van der Waals surface area contributed by atoms with Crippen LogP contribution in [0, 0.1) is 5.82 Å². The first-order valence-corrected chi connectivity index (χ1v) is 9.67. The molecule has 0 radical (unpaired) electrons. The van der Waals surface area contributed by atoms with Gasteiger partial charge in [0.2, 0.25) is 5.91 Å². The van der Waals surface area contributed by atoms with Gasteiger partial charge in [-0.2, -0.15) is 0 Å². The van der Waals surface area contributed by atoms with Crippen LogP contribution in [0.15, 0.2) is 71.6 Å². The molecule has 0 spiro atoms. The molecule has 0 aliphatic rings. The number of fused-ring (bicyclic) bond motifs is 1. The van der Waals surface area contributed by atoms with Crippen molar-refractivity contribution in [3.63, 3.8) is 0 Å². The fourth-order valence-electron chi connectivity index (χ4n) is 2.50. The molecule has 0 saturated carbocycles. The van der Waals surface area contributed by atoms with Crippen molar-refractivity contribution < 1.29 is 18.7 Å². The zero-order valence-electron chi connectivity index (χ0n) is 15.0. The maximum Gasteiger partial charge on any atom is 0.276 e. The second kappa shape index (κ2) is 9.75. The summed E-state index contributed by atoms with van der Waals surface area (Å²) in [4.78, 5) is 24.6. The SMILES string of the molecule is O=C(CCSc1ccc(F)cc1)NNC(=O)COc1cccc2ccccc12. The molecule has 0 saturated heterocycles. The summed E-state index contributed by atoms with van der Waals surface area (Å²) in [5.74, 6) is 0.0613. The lowest BCUT2D eigenvalue weighted by atomic mass is 10.1. The average Bonchev–Trinajstić information content (AvgIpc) is 2.72. The summed E-state index contributed by atoms with van der Waals surface area (Å²) >= 11 is 1.44. The van der Waals surface area contributed by atoms with Gasteiger partial charge in [0.05, 0.1) is 0 Å². The first-order chi connectivity index (χ1) is 13.6. The first kappa shape index (κ1) is 19.7. The molecule has 3 rings (SSSR count).